The Kier molecular flexibility index (Phi) is 5.23. The fourth-order valence-electron chi connectivity index (χ4n) is 2.10. The average molecular weight is 224 g/mol. The van der Waals surface area contributed by atoms with Crippen LogP contribution >= 0.6 is 0 Å². The molecule has 0 saturated heterocycles. The van der Waals surface area contributed by atoms with E-state index in [2.05, 4.69) is 11.7 Å². The van der Waals surface area contributed by atoms with Crippen LogP contribution in [0.15, 0.2) is 11.6 Å². The standard InChI is InChI=1S/C13H20O3/c1-3-4-5-6-11-10(7-8-12(11)14)9-13(15)16-2/h7,11H,3-6,8-9H2,1-2H3. The lowest BCUT2D eigenvalue weighted by molar-refractivity contribution is -0.139. The molecule has 1 rings (SSSR count). The monoisotopic (exact) mass is 224 g/mol. The van der Waals surface area contributed by atoms with Crippen LogP contribution in [0, 0.1) is 5.92 Å². The van der Waals surface area contributed by atoms with Crippen molar-refractivity contribution in [2.24, 2.45) is 5.92 Å². The van der Waals surface area contributed by atoms with E-state index in [0.717, 1.165) is 31.3 Å². The highest BCUT2D eigenvalue weighted by atomic mass is 16.5. The number of unbranched alkanes of at least 4 members (excludes halogenated alkanes) is 2. The predicted octanol–water partition coefficient (Wildman–Crippen LogP) is 2.65. The quantitative estimate of drug-likeness (QED) is 0.396. The maximum absolute atomic E-state index is 11.6. The van der Waals surface area contributed by atoms with Gasteiger partial charge in [-0.1, -0.05) is 37.8 Å². The van der Waals surface area contributed by atoms with Crippen LogP contribution in [-0.2, 0) is 14.3 Å². The van der Waals surface area contributed by atoms with Crippen molar-refractivity contribution < 1.29 is 14.3 Å². The second-order valence-corrected chi connectivity index (χ2v) is 4.25. The number of esters is 1. The Balaban J connectivity index is 2.48. The van der Waals surface area contributed by atoms with Crippen LogP contribution in [0.4, 0.5) is 0 Å². The van der Waals surface area contributed by atoms with Gasteiger partial charge in [-0.05, 0) is 6.42 Å². The van der Waals surface area contributed by atoms with Gasteiger partial charge in [0.15, 0.2) is 0 Å². The fraction of sp³-hybridized carbons (Fsp3) is 0.692. The first-order valence-corrected chi connectivity index (χ1v) is 5.97. The Morgan fingerprint density at radius 3 is 2.88 bits per heavy atom. The first kappa shape index (κ1) is 12.9. The minimum atomic E-state index is -0.249. The zero-order valence-electron chi connectivity index (χ0n) is 10.1. The summed E-state index contributed by atoms with van der Waals surface area (Å²) in [5, 5.41) is 0. The molecule has 0 bridgehead atoms. The van der Waals surface area contributed by atoms with Crippen molar-refractivity contribution in [1.82, 2.24) is 0 Å². The molecule has 1 unspecified atom stereocenters. The van der Waals surface area contributed by atoms with Gasteiger partial charge in [0.25, 0.3) is 0 Å². The van der Waals surface area contributed by atoms with Gasteiger partial charge in [0.2, 0.25) is 0 Å². The largest absolute Gasteiger partial charge is 0.469 e. The third-order valence-electron chi connectivity index (χ3n) is 3.07. The van der Waals surface area contributed by atoms with Crippen LogP contribution in [0.2, 0.25) is 0 Å². The highest BCUT2D eigenvalue weighted by Crippen LogP contribution is 2.30. The molecule has 3 nitrogen and oxygen atoms in total. The van der Waals surface area contributed by atoms with Crippen LogP contribution in [0.1, 0.15) is 45.4 Å². The number of carbonyl (C=O) groups is 2. The smallest absolute Gasteiger partial charge is 0.309 e. The van der Waals surface area contributed by atoms with Crippen molar-refractivity contribution in [3.05, 3.63) is 11.6 Å². The molecule has 1 atom stereocenters. The SMILES string of the molecule is CCCCCC1C(=O)CC=C1CC(=O)OC. The lowest BCUT2D eigenvalue weighted by Crippen LogP contribution is -2.13. The van der Waals surface area contributed by atoms with Gasteiger partial charge in [-0.25, -0.2) is 0 Å². The number of Topliss-reactive ketones (excluding diaryl/α,β-unsaturated/α-hetero) is 1. The van der Waals surface area contributed by atoms with Crippen LogP contribution in [0.25, 0.3) is 0 Å². The zero-order valence-corrected chi connectivity index (χ0v) is 10.1. The molecule has 0 N–H and O–H groups in total. The molecule has 0 fully saturated rings. The number of carbonyl (C=O) groups excluding carboxylic acids is 2. The van der Waals surface area contributed by atoms with Crippen molar-refractivity contribution in [1.29, 1.82) is 0 Å². The molecule has 0 aromatic rings. The number of ether oxygens (including phenoxy) is 1. The summed E-state index contributed by atoms with van der Waals surface area (Å²) in [5.41, 5.74) is 0.966. The molecule has 0 heterocycles. The van der Waals surface area contributed by atoms with Crippen molar-refractivity contribution in [3.8, 4) is 0 Å². The second-order valence-electron chi connectivity index (χ2n) is 4.25. The zero-order chi connectivity index (χ0) is 12.0. The number of hydrogen-bond acceptors (Lipinski definition) is 3. The van der Waals surface area contributed by atoms with E-state index in [1.54, 1.807) is 0 Å². The van der Waals surface area contributed by atoms with Crippen molar-refractivity contribution in [2.75, 3.05) is 7.11 Å². The number of hydrogen-bond donors (Lipinski definition) is 0. The third kappa shape index (κ3) is 3.47. The lowest BCUT2D eigenvalue weighted by atomic mass is 9.92. The summed E-state index contributed by atoms with van der Waals surface area (Å²) in [7, 11) is 1.38. The van der Waals surface area contributed by atoms with Gasteiger partial charge in [-0.2, -0.15) is 0 Å². The predicted molar refractivity (Wildman–Crippen MR) is 62.0 cm³/mol. The molecule has 1 aliphatic rings. The summed E-state index contributed by atoms with van der Waals surface area (Å²) >= 11 is 0. The van der Waals surface area contributed by atoms with E-state index in [4.69, 9.17) is 0 Å². The summed E-state index contributed by atoms with van der Waals surface area (Å²) in [4.78, 5) is 22.8. The van der Waals surface area contributed by atoms with E-state index in [-0.39, 0.29) is 24.1 Å². The molecule has 0 aliphatic heterocycles. The van der Waals surface area contributed by atoms with Gasteiger partial charge in [0.05, 0.1) is 13.5 Å². The first-order chi connectivity index (χ1) is 7.69. The topological polar surface area (TPSA) is 43.4 Å². The number of ketones is 1. The van der Waals surface area contributed by atoms with Gasteiger partial charge >= 0.3 is 5.97 Å². The van der Waals surface area contributed by atoms with E-state index >= 15 is 0 Å². The van der Waals surface area contributed by atoms with Crippen molar-refractivity contribution in [2.45, 2.75) is 45.4 Å². The Labute approximate surface area is 96.9 Å². The molecule has 90 valence electrons. The van der Waals surface area contributed by atoms with Gasteiger partial charge < -0.3 is 4.74 Å². The molecule has 0 aromatic heterocycles. The summed E-state index contributed by atoms with van der Waals surface area (Å²) in [5.74, 6) is -0.0119. The Hall–Kier alpha value is -1.12. The van der Waals surface area contributed by atoms with Gasteiger partial charge in [0.1, 0.15) is 5.78 Å². The number of rotatable bonds is 6. The summed E-state index contributed by atoms with van der Waals surface area (Å²) in [6.45, 7) is 2.14. The minimum absolute atomic E-state index is 0.0225. The van der Waals surface area contributed by atoms with E-state index in [1.165, 1.54) is 7.11 Å². The average Bonchev–Trinajstić information content (AvgIpc) is 2.61. The molecule has 0 spiro atoms. The van der Waals surface area contributed by atoms with Crippen LogP contribution in [0.3, 0.4) is 0 Å². The van der Waals surface area contributed by atoms with Gasteiger partial charge in [0, 0.05) is 12.3 Å². The minimum Gasteiger partial charge on any atom is -0.469 e. The lowest BCUT2D eigenvalue weighted by Gasteiger charge is -2.12. The van der Waals surface area contributed by atoms with E-state index in [9.17, 15) is 9.59 Å². The van der Waals surface area contributed by atoms with E-state index < -0.39 is 0 Å². The molecule has 0 aromatic carbocycles. The molecular formula is C13H20O3. The van der Waals surface area contributed by atoms with E-state index in [1.807, 2.05) is 6.08 Å². The van der Waals surface area contributed by atoms with Crippen LogP contribution in [-0.4, -0.2) is 18.9 Å². The molecule has 1 aliphatic carbocycles. The van der Waals surface area contributed by atoms with E-state index in [0.29, 0.717) is 6.42 Å². The molecule has 0 radical (unpaired) electrons. The van der Waals surface area contributed by atoms with Gasteiger partial charge in [-0.15, -0.1) is 0 Å². The Morgan fingerprint density at radius 1 is 1.50 bits per heavy atom. The molecular weight excluding hydrogens is 204 g/mol. The molecule has 16 heavy (non-hydrogen) atoms. The molecule has 0 saturated carbocycles. The second kappa shape index (κ2) is 6.46. The Morgan fingerprint density at radius 2 is 2.25 bits per heavy atom. The summed E-state index contributed by atoms with van der Waals surface area (Å²) < 4.78 is 4.63. The molecule has 0 amide bonds. The fourth-order valence-corrected chi connectivity index (χ4v) is 2.10. The van der Waals surface area contributed by atoms with Crippen LogP contribution in [0.5, 0.6) is 0 Å². The maximum atomic E-state index is 11.6. The Bertz CT molecular complexity index is 292. The van der Waals surface area contributed by atoms with Crippen LogP contribution < -0.4 is 0 Å². The van der Waals surface area contributed by atoms with Gasteiger partial charge in [-0.3, -0.25) is 9.59 Å². The maximum Gasteiger partial charge on any atom is 0.309 e. The highest BCUT2D eigenvalue weighted by Gasteiger charge is 2.28. The van der Waals surface area contributed by atoms with Crippen molar-refractivity contribution >= 4 is 11.8 Å². The number of allylic oxidation sites excluding steroid dienone is 1. The molecule has 3 heteroatoms. The summed E-state index contributed by atoms with van der Waals surface area (Å²) in [6, 6.07) is 0. The normalized spacial score (nSPS) is 19.8. The number of methoxy groups -OCH3 is 1. The first-order valence-electron chi connectivity index (χ1n) is 5.97. The highest BCUT2D eigenvalue weighted by molar-refractivity contribution is 5.90. The summed E-state index contributed by atoms with van der Waals surface area (Å²) in [6.07, 6.45) is 6.91. The van der Waals surface area contributed by atoms with Crippen molar-refractivity contribution in [3.63, 3.8) is 0 Å². The third-order valence-corrected chi connectivity index (χ3v) is 3.07.